The number of nitrogens with one attached hydrogen (secondary N) is 2. The van der Waals surface area contributed by atoms with Crippen molar-refractivity contribution in [3.63, 3.8) is 0 Å². The molecule has 0 atom stereocenters. The fourth-order valence-electron chi connectivity index (χ4n) is 5.70. The van der Waals surface area contributed by atoms with Crippen LogP contribution >= 0.6 is 15.9 Å². The third-order valence-electron chi connectivity index (χ3n) is 8.47. The number of halogens is 3. The highest BCUT2D eigenvalue weighted by Crippen LogP contribution is 2.32. The van der Waals surface area contributed by atoms with E-state index < -0.39 is 38.8 Å². The summed E-state index contributed by atoms with van der Waals surface area (Å²) in [7, 11) is 0. The first-order valence-electron chi connectivity index (χ1n) is 17.6. The lowest BCUT2D eigenvalue weighted by molar-refractivity contribution is -0.387. The van der Waals surface area contributed by atoms with Gasteiger partial charge < -0.3 is 34.6 Å². The predicted molar refractivity (Wildman–Crippen MR) is 210 cm³/mol. The zero-order valence-corrected chi connectivity index (χ0v) is 32.2. The van der Waals surface area contributed by atoms with Gasteiger partial charge in [0, 0.05) is 85.6 Å². The van der Waals surface area contributed by atoms with Crippen LogP contribution in [0.4, 0.5) is 55.1 Å². The lowest BCUT2D eigenvalue weighted by atomic mass is 10.1. The summed E-state index contributed by atoms with van der Waals surface area (Å²) in [4.78, 5) is 58.2. The molecule has 5 heterocycles. The summed E-state index contributed by atoms with van der Waals surface area (Å²) in [5.41, 5.74) is 0.890. The highest BCUT2D eigenvalue weighted by molar-refractivity contribution is 9.10. The van der Waals surface area contributed by atoms with Crippen LogP contribution in [-0.4, -0.2) is 99.9 Å². The number of hydrogen-bond acceptors (Lipinski definition) is 17. The van der Waals surface area contributed by atoms with Crippen molar-refractivity contribution in [1.29, 1.82) is 0 Å². The van der Waals surface area contributed by atoms with Crippen LogP contribution in [0.2, 0.25) is 0 Å². The summed E-state index contributed by atoms with van der Waals surface area (Å²) >= 11 is 3.42. The Morgan fingerprint density at radius 3 is 1.84 bits per heavy atom. The second kappa shape index (κ2) is 19.1. The molecule has 0 bridgehead atoms. The molecule has 2 saturated heterocycles. The van der Waals surface area contributed by atoms with Gasteiger partial charge in [-0.1, -0.05) is 0 Å². The summed E-state index contributed by atoms with van der Waals surface area (Å²) in [6.45, 7) is 6.79. The molecular formula is C36H34BrF2N11O8. The molecule has 0 spiro atoms. The van der Waals surface area contributed by atoms with Crippen LogP contribution in [0.3, 0.4) is 0 Å². The Hall–Kier alpha value is -6.52. The van der Waals surface area contributed by atoms with Crippen LogP contribution in [-0.2, 0) is 14.2 Å². The van der Waals surface area contributed by atoms with Crippen LogP contribution in [0, 0.1) is 31.9 Å². The van der Waals surface area contributed by atoms with Gasteiger partial charge in [-0.15, -0.1) is 0 Å². The van der Waals surface area contributed by atoms with Crippen LogP contribution in [0.25, 0.3) is 11.1 Å². The van der Waals surface area contributed by atoms with Crippen LogP contribution in [0.15, 0.2) is 71.7 Å². The third kappa shape index (κ3) is 10.3. The van der Waals surface area contributed by atoms with Crippen molar-refractivity contribution in [3.05, 3.63) is 109 Å². The maximum absolute atomic E-state index is 13.7. The molecule has 0 aliphatic carbocycles. The number of hydrogen-bond donors (Lipinski definition) is 2. The topological polar surface area (TPSA) is 226 Å². The normalized spacial score (nSPS) is 13.9. The highest BCUT2D eigenvalue weighted by atomic mass is 79.9. The molecule has 7 rings (SSSR count). The van der Waals surface area contributed by atoms with E-state index in [1.54, 1.807) is 31.6 Å². The molecule has 2 fully saturated rings. The third-order valence-corrected chi connectivity index (χ3v) is 9.03. The minimum Gasteiger partial charge on any atom is -0.462 e. The minimum atomic E-state index is -0.935. The molecule has 0 radical (unpaired) electrons. The van der Waals surface area contributed by atoms with E-state index >= 15 is 0 Å². The monoisotopic (exact) mass is 865 g/mol. The molecule has 2 aliphatic heterocycles. The van der Waals surface area contributed by atoms with Crippen molar-refractivity contribution in [2.45, 2.75) is 6.92 Å². The standard InChI is InChI=1S/C22H21FN6O5.C14H13BrFN5O3/c1-2-34-21(30)15-9-14(11-24-12-15)17-13-25-22(27-20(17)28-5-7-33-8-6-28)26-16-3-4-18(23)19(10-16)29(31)32;15-10-8-17-14(19-13(10)20-3-5-24-6-4-20)18-9-1-2-11(16)12(7-9)21(22)23/h3-4,9-13H,2,5-8H2,1H3,(H,25,26,27);1-2,7-8H,3-6H2,(H,17,18,19). The fourth-order valence-corrected chi connectivity index (χ4v) is 6.14. The van der Waals surface area contributed by atoms with Gasteiger partial charge in [-0.2, -0.15) is 18.7 Å². The number of benzene rings is 2. The van der Waals surface area contributed by atoms with Gasteiger partial charge in [-0.3, -0.25) is 25.2 Å². The van der Waals surface area contributed by atoms with Crippen molar-refractivity contribution in [3.8, 4) is 11.1 Å². The smallest absolute Gasteiger partial charge is 0.339 e. The van der Waals surface area contributed by atoms with Gasteiger partial charge in [0.25, 0.3) is 0 Å². The summed E-state index contributed by atoms with van der Waals surface area (Å²) in [6, 6.07) is 8.63. The fraction of sp³-hybridized carbons (Fsp3) is 0.278. The van der Waals surface area contributed by atoms with Crippen molar-refractivity contribution < 1.29 is 37.6 Å². The Bertz CT molecular complexity index is 2300. The lowest BCUT2D eigenvalue weighted by Crippen LogP contribution is -2.37. The Labute approximate surface area is 336 Å². The SMILES string of the molecule is CCOC(=O)c1cncc(-c2cnc(Nc3ccc(F)c([N+](=O)[O-])c3)nc2N2CCOCC2)c1.O=[N+]([O-])c1cc(Nc2ncc(Br)c(N3CCOCC3)n2)ccc1F. The van der Waals surface area contributed by atoms with Crippen molar-refractivity contribution >= 4 is 68.2 Å². The Balaban J connectivity index is 0.000000208. The number of pyridine rings is 1. The van der Waals surface area contributed by atoms with E-state index in [0.717, 1.165) is 28.7 Å². The molecule has 3 aromatic heterocycles. The maximum Gasteiger partial charge on any atom is 0.339 e. The summed E-state index contributed by atoms with van der Waals surface area (Å²) in [5.74, 6) is -0.609. The molecule has 0 saturated carbocycles. The lowest BCUT2D eigenvalue weighted by Gasteiger charge is -2.29. The van der Waals surface area contributed by atoms with Gasteiger partial charge in [0.2, 0.25) is 23.5 Å². The summed E-state index contributed by atoms with van der Waals surface area (Å²) in [6.07, 6.45) is 6.19. The number of morpholine rings is 2. The minimum absolute atomic E-state index is 0.167. The van der Waals surface area contributed by atoms with E-state index in [0.29, 0.717) is 86.6 Å². The molecular weight excluding hydrogens is 832 g/mol. The van der Waals surface area contributed by atoms with Gasteiger partial charge in [0.1, 0.15) is 11.6 Å². The van der Waals surface area contributed by atoms with Gasteiger partial charge in [-0.05, 0) is 53.2 Å². The largest absolute Gasteiger partial charge is 0.462 e. The van der Waals surface area contributed by atoms with E-state index in [1.165, 1.54) is 18.3 Å². The second-order valence-corrected chi connectivity index (χ2v) is 13.1. The van der Waals surface area contributed by atoms with E-state index in [-0.39, 0.29) is 24.2 Å². The van der Waals surface area contributed by atoms with Crippen LogP contribution in [0.1, 0.15) is 17.3 Å². The average molecular weight is 867 g/mol. The molecule has 2 N–H and O–H groups in total. The molecule has 302 valence electrons. The molecule has 0 amide bonds. The van der Waals surface area contributed by atoms with Crippen molar-refractivity contribution in [1.82, 2.24) is 24.9 Å². The van der Waals surface area contributed by atoms with E-state index in [2.05, 4.69) is 51.5 Å². The zero-order chi connectivity index (χ0) is 41.2. The number of nitro groups is 2. The molecule has 2 aromatic carbocycles. The number of nitrogens with zero attached hydrogens (tertiary/aromatic N) is 9. The summed E-state index contributed by atoms with van der Waals surface area (Å²) < 4.78 is 43.6. The Morgan fingerprint density at radius 1 is 0.793 bits per heavy atom. The molecule has 58 heavy (non-hydrogen) atoms. The number of carbonyl (C=O) groups excluding carboxylic acids is 1. The number of ether oxygens (including phenoxy) is 3. The number of nitro benzene ring substituents is 2. The molecule has 5 aromatic rings. The second-order valence-electron chi connectivity index (χ2n) is 12.3. The molecule has 19 nitrogen and oxygen atoms in total. The van der Waals surface area contributed by atoms with Crippen LogP contribution in [0.5, 0.6) is 0 Å². The summed E-state index contributed by atoms with van der Waals surface area (Å²) in [5, 5.41) is 27.6. The van der Waals surface area contributed by atoms with Crippen molar-refractivity contribution in [2.24, 2.45) is 0 Å². The number of esters is 1. The van der Waals surface area contributed by atoms with Crippen molar-refractivity contribution in [2.75, 3.05) is 79.6 Å². The molecule has 22 heteroatoms. The maximum atomic E-state index is 13.7. The van der Waals surface area contributed by atoms with E-state index in [9.17, 15) is 33.8 Å². The first kappa shape index (κ1) is 41.1. The molecule has 0 unspecified atom stereocenters. The van der Waals surface area contributed by atoms with Crippen LogP contribution < -0.4 is 20.4 Å². The van der Waals surface area contributed by atoms with Gasteiger partial charge in [0.05, 0.1) is 52.9 Å². The number of rotatable bonds is 11. The average Bonchev–Trinajstić information content (AvgIpc) is 3.23. The van der Waals surface area contributed by atoms with E-state index in [1.807, 2.05) is 9.80 Å². The Morgan fingerprint density at radius 2 is 1.31 bits per heavy atom. The zero-order valence-electron chi connectivity index (χ0n) is 30.6. The first-order valence-corrected chi connectivity index (χ1v) is 18.4. The molecule has 2 aliphatic rings. The number of aromatic nitrogens is 5. The van der Waals surface area contributed by atoms with Gasteiger partial charge >= 0.3 is 17.3 Å². The highest BCUT2D eigenvalue weighted by Gasteiger charge is 2.22. The first-order chi connectivity index (χ1) is 28.0. The number of carbonyl (C=O) groups is 1. The van der Waals surface area contributed by atoms with Gasteiger partial charge in [0.15, 0.2) is 0 Å². The number of anilines is 6. The van der Waals surface area contributed by atoms with E-state index in [4.69, 9.17) is 14.2 Å². The predicted octanol–water partition coefficient (Wildman–Crippen LogP) is 6.21. The quantitative estimate of drug-likeness (QED) is 0.0855. The Kier molecular flexibility index (Phi) is 13.5. The van der Waals surface area contributed by atoms with Gasteiger partial charge in [-0.25, -0.2) is 14.8 Å².